The summed E-state index contributed by atoms with van der Waals surface area (Å²) in [6, 6.07) is 0. The third-order valence-electron chi connectivity index (χ3n) is 0.637. The Labute approximate surface area is 59.6 Å². The number of halogens is 1. The molecule has 46 valence electrons. The van der Waals surface area contributed by atoms with E-state index in [0.29, 0.717) is 5.13 Å². The van der Waals surface area contributed by atoms with Gasteiger partial charge in [0.05, 0.1) is 5.69 Å². The van der Waals surface area contributed by atoms with Crippen LogP contribution in [0.15, 0.2) is 5.38 Å². The van der Waals surface area contributed by atoms with Gasteiger partial charge in [0.1, 0.15) is 0 Å². The first-order valence-electron chi connectivity index (χ1n) is 1.96. The van der Waals surface area contributed by atoms with Gasteiger partial charge in [-0.15, -0.1) is 11.3 Å². The summed E-state index contributed by atoms with van der Waals surface area (Å²) in [6.07, 6.45) is 0. The minimum atomic E-state index is 0. The zero-order valence-corrected chi connectivity index (χ0v) is 5.96. The van der Waals surface area contributed by atoms with Gasteiger partial charge in [-0.3, -0.25) is 0 Å². The van der Waals surface area contributed by atoms with Crippen LogP contribution in [0.5, 0.6) is 0 Å². The maximum atomic E-state index is 5.29. The van der Waals surface area contributed by atoms with Crippen molar-refractivity contribution >= 4 is 16.5 Å². The monoisotopic (exact) mass is 150 g/mol. The summed E-state index contributed by atoms with van der Waals surface area (Å²) in [5, 5.41) is 2.58. The van der Waals surface area contributed by atoms with Gasteiger partial charge in [-0.1, -0.05) is 0 Å². The summed E-state index contributed by atoms with van der Waals surface area (Å²) >= 11 is 1.47. The molecule has 0 aliphatic rings. The molecule has 4 heteroatoms. The summed E-state index contributed by atoms with van der Waals surface area (Å²) < 4.78 is 0. The molecule has 0 radical (unpaired) electrons. The topological polar surface area (TPSA) is 38.9 Å². The second kappa shape index (κ2) is 2.89. The number of aryl methyl sites for hydroxylation is 1. The zero-order valence-electron chi connectivity index (χ0n) is 5.39. The standard InChI is InChI=1S/C4H6N2S.ClH/c1-3-2-7-4(5)6-3;/h2H,1H3,(H2,5,6);1H. The van der Waals surface area contributed by atoms with Gasteiger partial charge in [-0.2, -0.15) is 0 Å². The Bertz CT molecular complexity index is 151. The Kier molecular flexibility index (Phi) is 2.79. The van der Waals surface area contributed by atoms with Gasteiger partial charge >= 0.3 is 1.43 Å². The third kappa shape index (κ3) is 1.68. The van der Waals surface area contributed by atoms with E-state index in [4.69, 9.17) is 5.73 Å². The van der Waals surface area contributed by atoms with Crippen LogP contribution >= 0.6 is 11.3 Å². The third-order valence-corrected chi connectivity index (χ3v) is 1.43. The number of aromatic nitrogens is 1. The fourth-order valence-corrected chi connectivity index (χ4v) is 0.913. The lowest BCUT2D eigenvalue weighted by Crippen LogP contribution is -3.00. The van der Waals surface area contributed by atoms with Crippen LogP contribution in [0.25, 0.3) is 0 Å². The van der Waals surface area contributed by atoms with Gasteiger partial charge in [0.2, 0.25) is 0 Å². The van der Waals surface area contributed by atoms with Crippen LogP contribution in [0.4, 0.5) is 5.13 Å². The summed E-state index contributed by atoms with van der Waals surface area (Å²) in [7, 11) is 0. The number of hydrogen-bond acceptors (Lipinski definition) is 3. The molecule has 0 aliphatic carbocycles. The first-order chi connectivity index (χ1) is 3.29. The number of nitrogen functional groups attached to an aromatic ring is 1. The van der Waals surface area contributed by atoms with E-state index < -0.39 is 0 Å². The van der Waals surface area contributed by atoms with Gasteiger partial charge < -0.3 is 18.1 Å². The van der Waals surface area contributed by atoms with E-state index in [0.717, 1.165) is 5.69 Å². The van der Waals surface area contributed by atoms with Crippen molar-refractivity contribution in [3.8, 4) is 0 Å². The number of nitrogens with zero attached hydrogens (tertiary/aromatic N) is 1. The first-order valence-corrected chi connectivity index (χ1v) is 2.84. The Hall–Kier alpha value is -0.280. The van der Waals surface area contributed by atoms with E-state index in [9.17, 15) is 0 Å². The molecule has 8 heavy (non-hydrogen) atoms. The smallest absolute Gasteiger partial charge is 1.00 e. The molecule has 1 heterocycles. The highest BCUT2D eigenvalue weighted by molar-refractivity contribution is 7.13. The van der Waals surface area contributed by atoms with Crippen LogP contribution in [0.1, 0.15) is 7.12 Å². The molecule has 0 bridgehead atoms. The molecule has 0 amide bonds. The molecule has 0 saturated heterocycles. The molecule has 0 spiro atoms. The van der Waals surface area contributed by atoms with Crippen LogP contribution in [0.3, 0.4) is 0 Å². The maximum Gasteiger partial charge on any atom is 1.00 e. The molecular weight excluding hydrogens is 144 g/mol. The van der Waals surface area contributed by atoms with Crippen molar-refractivity contribution in [2.75, 3.05) is 5.73 Å². The Morgan fingerprint density at radius 2 is 2.50 bits per heavy atom. The highest BCUT2D eigenvalue weighted by Gasteiger charge is 1.86. The fourth-order valence-electron chi connectivity index (χ4n) is 0.372. The summed E-state index contributed by atoms with van der Waals surface area (Å²) in [5.41, 5.74) is 6.29. The van der Waals surface area contributed by atoms with Crippen molar-refractivity contribution in [3.63, 3.8) is 0 Å². The van der Waals surface area contributed by atoms with Crippen molar-refractivity contribution in [2.24, 2.45) is 0 Å². The van der Waals surface area contributed by atoms with Gasteiger partial charge in [0, 0.05) is 5.38 Å². The highest BCUT2D eigenvalue weighted by atomic mass is 35.5. The van der Waals surface area contributed by atoms with Crippen LogP contribution in [0, 0.1) is 6.92 Å². The molecule has 0 saturated carbocycles. The normalized spacial score (nSPS) is 8.12. The number of anilines is 1. The van der Waals surface area contributed by atoms with Gasteiger partial charge in [0.25, 0.3) is 0 Å². The zero-order chi connectivity index (χ0) is 5.28. The maximum absolute atomic E-state index is 5.29. The Balaban J connectivity index is 0. The van der Waals surface area contributed by atoms with Crippen LogP contribution in [-0.2, 0) is 0 Å². The van der Waals surface area contributed by atoms with Gasteiger partial charge in [0.15, 0.2) is 5.13 Å². The van der Waals surface area contributed by atoms with Gasteiger partial charge in [-0.25, -0.2) is 4.98 Å². The number of hydrogen-bond donors (Lipinski definition) is 1. The highest BCUT2D eigenvalue weighted by Crippen LogP contribution is 2.08. The lowest BCUT2D eigenvalue weighted by molar-refractivity contribution is -0.00000161. The molecule has 1 aromatic rings. The summed E-state index contributed by atoms with van der Waals surface area (Å²) in [5.74, 6) is 0. The first kappa shape index (κ1) is 7.72. The minimum Gasteiger partial charge on any atom is -1.00 e. The molecular formula is C4H7ClN2S. The molecule has 0 fully saturated rings. The van der Waals surface area contributed by atoms with Crippen LogP contribution in [-0.4, -0.2) is 4.98 Å². The molecule has 2 N–H and O–H groups in total. The van der Waals surface area contributed by atoms with E-state index in [-0.39, 0.29) is 13.8 Å². The van der Waals surface area contributed by atoms with E-state index in [1.54, 1.807) is 0 Å². The number of nitrogens with two attached hydrogens (primary N) is 1. The minimum absolute atomic E-state index is 0. The number of thiazole rings is 1. The SMILES string of the molecule is Cc1csc(N)n1.[Cl-].[H+]. The van der Waals surface area contributed by atoms with Crippen molar-refractivity contribution in [1.29, 1.82) is 0 Å². The predicted octanol–water partition coefficient (Wildman–Crippen LogP) is -1.85. The Morgan fingerprint density at radius 1 is 1.88 bits per heavy atom. The van der Waals surface area contributed by atoms with E-state index in [1.807, 2.05) is 12.3 Å². The largest absolute Gasteiger partial charge is 1.00 e. The van der Waals surface area contributed by atoms with E-state index in [1.165, 1.54) is 11.3 Å². The molecule has 0 aliphatic heterocycles. The quantitative estimate of drug-likeness (QED) is 0.472. The van der Waals surface area contributed by atoms with Crippen LogP contribution in [0.2, 0.25) is 0 Å². The number of rotatable bonds is 0. The molecule has 0 atom stereocenters. The van der Waals surface area contributed by atoms with Crippen molar-refractivity contribution in [1.82, 2.24) is 4.98 Å². The summed E-state index contributed by atoms with van der Waals surface area (Å²) in [6.45, 7) is 1.92. The average Bonchev–Trinajstić information content (AvgIpc) is 1.87. The molecule has 2 nitrogen and oxygen atoms in total. The van der Waals surface area contributed by atoms with Gasteiger partial charge in [-0.05, 0) is 6.92 Å². The Morgan fingerprint density at radius 3 is 2.62 bits per heavy atom. The predicted molar refractivity (Wildman–Crippen MR) is 32.4 cm³/mol. The lowest BCUT2D eigenvalue weighted by Gasteiger charge is -1.72. The second-order valence-electron chi connectivity index (χ2n) is 1.33. The molecule has 1 rings (SSSR count). The second-order valence-corrected chi connectivity index (χ2v) is 2.22. The van der Waals surface area contributed by atoms with Crippen LogP contribution < -0.4 is 18.1 Å². The molecule has 0 unspecified atom stereocenters. The fraction of sp³-hybridized carbons (Fsp3) is 0.250. The van der Waals surface area contributed by atoms with Crippen molar-refractivity contribution in [2.45, 2.75) is 6.92 Å². The summed E-state index contributed by atoms with van der Waals surface area (Å²) in [4.78, 5) is 3.91. The molecule has 0 aromatic carbocycles. The van der Waals surface area contributed by atoms with Crippen molar-refractivity contribution < 1.29 is 13.8 Å². The average molecular weight is 151 g/mol. The molecule has 1 aromatic heterocycles. The lowest BCUT2D eigenvalue weighted by atomic mass is 10.6. The van der Waals surface area contributed by atoms with E-state index in [2.05, 4.69) is 4.98 Å². The van der Waals surface area contributed by atoms with E-state index >= 15 is 0 Å². The van der Waals surface area contributed by atoms with Crippen molar-refractivity contribution in [3.05, 3.63) is 11.1 Å².